The van der Waals surface area contributed by atoms with Gasteiger partial charge >= 0.3 is 0 Å². The van der Waals surface area contributed by atoms with Gasteiger partial charge in [-0.3, -0.25) is 0 Å². The summed E-state index contributed by atoms with van der Waals surface area (Å²) in [4.78, 5) is 0. The van der Waals surface area contributed by atoms with E-state index in [-0.39, 0.29) is 0 Å². The predicted octanol–water partition coefficient (Wildman–Crippen LogP) is 1.72. The van der Waals surface area contributed by atoms with Crippen LogP contribution < -0.4 is 15.4 Å². The van der Waals surface area contributed by atoms with Crippen molar-refractivity contribution >= 4 is 5.69 Å². The molecule has 1 rings (SSSR count). The first kappa shape index (κ1) is 10.9. The van der Waals surface area contributed by atoms with E-state index in [1.165, 1.54) is 0 Å². The molecule has 0 heterocycles. The Labute approximate surface area is 85.5 Å². The highest BCUT2D eigenvalue weighted by Crippen LogP contribution is 2.22. The summed E-state index contributed by atoms with van der Waals surface area (Å²) in [5, 5.41) is 6.40. The molecule has 1 aromatic carbocycles. The fraction of sp³-hybridized carbons (Fsp3) is 0.455. The number of nitrogens with one attached hydrogen (secondary N) is 2. The van der Waals surface area contributed by atoms with Crippen molar-refractivity contribution in [3.05, 3.63) is 24.3 Å². The van der Waals surface area contributed by atoms with Crippen LogP contribution in [0.3, 0.4) is 0 Å². The van der Waals surface area contributed by atoms with Crippen molar-refractivity contribution in [1.82, 2.24) is 5.32 Å². The van der Waals surface area contributed by atoms with E-state index < -0.39 is 0 Å². The van der Waals surface area contributed by atoms with Crippen molar-refractivity contribution in [3.8, 4) is 5.75 Å². The SMILES string of the molecule is CCOc1ccccc1NCCNC. The average Bonchev–Trinajstić information content (AvgIpc) is 2.21. The largest absolute Gasteiger partial charge is 0.492 e. The van der Waals surface area contributed by atoms with Crippen LogP contribution in [0.2, 0.25) is 0 Å². The van der Waals surface area contributed by atoms with Crippen molar-refractivity contribution in [2.24, 2.45) is 0 Å². The van der Waals surface area contributed by atoms with E-state index >= 15 is 0 Å². The van der Waals surface area contributed by atoms with E-state index in [0.717, 1.165) is 24.5 Å². The molecule has 3 heteroatoms. The number of hydrogen-bond donors (Lipinski definition) is 2. The number of ether oxygens (including phenoxy) is 1. The normalized spacial score (nSPS) is 9.86. The number of benzene rings is 1. The molecule has 0 unspecified atom stereocenters. The van der Waals surface area contributed by atoms with E-state index in [0.29, 0.717) is 6.61 Å². The van der Waals surface area contributed by atoms with Gasteiger partial charge in [-0.15, -0.1) is 0 Å². The highest BCUT2D eigenvalue weighted by Gasteiger charge is 1.99. The second-order valence-electron chi connectivity index (χ2n) is 2.96. The van der Waals surface area contributed by atoms with Gasteiger partial charge in [-0.05, 0) is 26.1 Å². The number of likely N-dealkylation sites (N-methyl/N-ethyl adjacent to an activating group) is 1. The summed E-state index contributed by atoms with van der Waals surface area (Å²) in [6.07, 6.45) is 0. The fourth-order valence-corrected chi connectivity index (χ4v) is 1.22. The van der Waals surface area contributed by atoms with Gasteiger partial charge in [-0.2, -0.15) is 0 Å². The van der Waals surface area contributed by atoms with Crippen molar-refractivity contribution in [3.63, 3.8) is 0 Å². The van der Waals surface area contributed by atoms with Crippen molar-refractivity contribution < 1.29 is 4.74 Å². The fourth-order valence-electron chi connectivity index (χ4n) is 1.22. The number of hydrogen-bond acceptors (Lipinski definition) is 3. The Morgan fingerprint density at radius 3 is 2.71 bits per heavy atom. The van der Waals surface area contributed by atoms with Crippen LogP contribution >= 0.6 is 0 Å². The molecule has 0 spiro atoms. The maximum atomic E-state index is 5.48. The Morgan fingerprint density at radius 2 is 2.00 bits per heavy atom. The maximum Gasteiger partial charge on any atom is 0.142 e. The van der Waals surface area contributed by atoms with Crippen molar-refractivity contribution in [2.45, 2.75) is 6.92 Å². The van der Waals surface area contributed by atoms with Gasteiger partial charge in [0.05, 0.1) is 12.3 Å². The topological polar surface area (TPSA) is 33.3 Å². The summed E-state index contributed by atoms with van der Waals surface area (Å²) in [6.45, 7) is 4.54. The van der Waals surface area contributed by atoms with Crippen LogP contribution in [0.1, 0.15) is 6.92 Å². The first-order chi connectivity index (χ1) is 6.88. The molecule has 0 bridgehead atoms. The average molecular weight is 194 g/mol. The van der Waals surface area contributed by atoms with E-state index in [2.05, 4.69) is 10.6 Å². The summed E-state index contributed by atoms with van der Waals surface area (Å²) >= 11 is 0. The van der Waals surface area contributed by atoms with Gasteiger partial charge in [0, 0.05) is 13.1 Å². The van der Waals surface area contributed by atoms with E-state index in [9.17, 15) is 0 Å². The van der Waals surface area contributed by atoms with Gasteiger partial charge in [0.1, 0.15) is 5.75 Å². The first-order valence-electron chi connectivity index (χ1n) is 4.98. The molecule has 0 aliphatic rings. The Balaban J connectivity index is 2.55. The number of para-hydroxylation sites is 2. The highest BCUT2D eigenvalue weighted by atomic mass is 16.5. The summed E-state index contributed by atoms with van der Waals surface area (Å²) < 4.78 is 5.48. The molecule has 0 aliphatic heterocycles. The molecule has 3 nitrogen and oxygen atoms in total. The van der Waals surface area contributed by atoms with Crippen molar-refractivity contribution in [2.75, 3.05) is 32.1 Å². The highest BCUT2D eigenvalue weighted by molar-refractivity contribution is 5.56. The third-order valence-corrected chi connectivity index (χ3v) is 1.88. The predicted molar refractivity (Wildman–Crippen MR) is 60.0 cm³/mol. The molecule has 0 radical (unpaired) electrons. The molecular weight excluding hydrogens is 176 g/mol. The maximum absolute atomic E-state index is 5.48. The minimum Gasteiger partial charge on any atom is -0.492 e. The summed E-state index contributed by atoms with van der Waals surface area (Å²) in [5.74, 6) is 0.922. The van der Waals surface area contributed by atoms with Crippen LogP contribution in [-0.2, 0) is 0 Å². The zero-order valence-electron chi connectivity index (χ0n) is 8.84. The van der Waals surface area contributed by atoms with E-state index in [1.807, 2.05) is 38.2 Å². The second kappa shape index (κ2) is 6.27. The molecule has 0 atom stereocenters. The van der Waals surface area contributed by atoms with Crippen LogP contribution in [0.25, 0.3) is 0 Å². The minimum absolute atomic E-state index is 0.699. The number of anilines is 1. The lowest BCUT2D eigenvalue weighted by Crippen LogP contribution is -2.18. The van der Waals surface area contributed by atoms with Crippen LogP contribution in [0.15, 0.2) is 24.3 Å². The monoisotopic (exact) mass is 194 g/mol. The molecule has 0 fully saturated rings. The lowest BCUT2D eigenvalue weighted by atomic mass is 10.3. The summed E-state index contributed by atoms with van der Waals surface area (Å²) in [5.41, 5.74) is 1.06. The molecule has 2 N–H and O–H groups in total. The van der Waals surface area contributed by atoms with Gasteiger partial charge < -0.3 is 15.4 Å². The zero-order chi connectivity index (χ0) is 10.2. The lowest BCUT2D eigenvalue weighted by molar-refractivity contribution is 0.341. The summed E-state index contributed by atoms with van der Waals surface area (Å²) in [7, 11) is 1.94. The Morgan fingerprint density at radius 1 is 1.21 bits per heavy atom. The third kappa shape index (κ3) is 3.26. The quantitative estimate of drug-likeness (QED) is 0.676. The lowest BCUT2D eigenvalue weighted by Gasteiger charge is -2.11. The van der Waals surface area contributed by atoms with Gasteiger partial charge in [-0.1, -0.05) is 12.1 Å². The standard InChI is InChI=1S/C11H18N2O/c1-3-14-11-7-5-4-6-10(11)13-9-8-12-2/h4-7,12-13H,3,8-9H2,1-2H3. The van der Waals surface area contributed by atoms with Gasteiger partial charge in [-0.25, -0.2) is 0 Å². The van der Waals surface area contributed by atoms with Gasteiger partial charge in [0.25, 0.3) is 0 Å². The second-order valence-corrected chi connectivity index (χ2v) is 2.96. The van der Waals surface area contributed by atoms with Gasteiger partial charge in [0.15, 0.2) is 0 Å². The van der Waals surface area contributed by atoms with Crippen LogP contribution in [0.5, 0.6) is 5.75 Å². The van der Waals surface area contributed by atoms with E-state index in [4.69, 9.17) is 4.74 Å². The van der Waals surface area contributed by atoms with Crippen LogP contribution in [-0.4, -0.2) is 26.7 Å². The van der Waals surface area contributed by atoms with E-state index in [1.54, 1.807) is 0 Å². The Hall–Kier alpha value is -1.22. The van der Waals surface area contributed by atoms with Crippen LogP contribution in [0, 0.1) is 0 Å². The van der Waals surface area contributed by atoms with Crippen molar-refractivity contribution in [1.29, 1.82) is 0 Å². The molecular formula is C11H18N2O. The smallest absolute Gasteiger partial charge is 0.142 e. The third-order valence-electron chi connectivity index (χ3n) is 1.88. The molecule has 14 heavy (non-hydrogen) atoms. The molecule has 0 saturated heterocycles. The molecule has 0 saturated carbocycles. The summed E-state index contributed by atoms with van der Waals surface area (Å²) in [6, 6.07) is 7.99. The Bertz CT molecular complexity index is 263. The molecule has 78 valence electrons. The van der Waals surface area contributed by atoms with Crippen LogP contribution in [0.4, 0.5) is 5.69 Å². The molecule has 0 aliphatic carbocycles. The number of rotatable bonds is 6. The minimum atomic E-state index is 0.699. The zero-order valence-corrected chi connectivity index (χ0v) is 8.84. The molecule has 0 aromatic heterocycles. The Kier molecular flexibility index (Phi) is 4.86. The first-order valence-corrected chi connectivity index (χ1v) is 4.98. The van der Waals surface area contributed by atoms with Gasteiger partial charge in [0.2, 0.25) is 0 Å². The molecule has 1 aromatic rings. The molecule has 0 amide bonds.